The van der Waals surface area contributed by atoms with Crippen LogP contribution in [0.2, 0.25) is 5.15 Å². The molecule has 0 saturated heterocycles. The zero-order valence-corrected chi connectivity index (χ0v) is 23.9. The maximum absolute atomic E-state index is 14.9. The highest BCUT2D eigenvalue weighted by Gasteiger charge is 2.81. The van der Waals surface area contributed by atoms with Gasteiger partial charge >= 0.3 is 23.9 Å². The topological polar surface area (TPSA) is 62.3 Å². The van der Waals surface area contributed by atoms with Crippen molar-refractivity contribution in [2.75, 3.05) is 17.3 Å². The Labute approximate surface area is 246 Å². The van der Waals surface area contributed by atoms with Crippen LogP contribution in [0.15, 0.2) is 63.7 Å². The van der Waals surface area contributed by atoms with Crippen molar-refractivity contribution in [2.24, 2.45) is 0 Å². The predicted molar refractivity (Wildman–Crippen MR) is 138 cm³/mol. The normalized spacial score (nSPS) is 13.9. The lowest BCUT2D eigenvalue weighted by Crippen LogP contribution is -2.59. The zero-order valence-electron chi connectivity index (χ0n) is 19.9. The van der Waals surface area contributed by atoms with Crippen LogP contribution in [0.5, 0.6) is 0 Å². The first kappa shape index (κ1) is 32.7. The largest absolute Gasteiger partial charge is 0.457 e. The number of hydrogen-bond donors (Lipinski definition) is 1. The molecule has 0 aliphatic carbocycles. The van der Waals surface area contributed by atoms with Crippen molar-refractivity contribution in [3.05, 3.63) is 85.5 Å². The van der Waals surface area contributed by atoms with Gasteiger partial charge in [-0.2, -0.15) is 35.1 Å². The van der Waals surface area contributed by atoms with Gasteiger partial charge < -0.3 is 10.2 Å². The maximum atomic E-state index is 14.9. The molecule has 220 valence electrons. The summed E-state index contributed by atoms with van der Waals surface area (Å²) in [5.41, 5.74) is -8.38. The number of nitrogens with one attached hydrogen (secondary N) is 1. The Morgan fingerprint density at radius 1 is 0.854 bits per heavy atom. The second-order valence-electron chi connectivity index (χ2n) is 8.28. The van der Waals surface area contributed by atoms with Gasteiger partial charge in [-0.1, -0.05) is 17.7 Å². The number of alkyl halides is 9. The van der Waals surface area contributed by atoms with E-state index in [4.69, 9.17) is 11.6 Å². The van der Waals surface area contributed by atoms with E-state index in [0.717, 1.165) is 0 Å². The number of rotatable bonds is 6. The molecule has 0 aliphatic rings. The molecule has 1 aromatic heterocycles. The minimum atomic E-state index is -6.90. The molecule has 0 saturated carbocycles. The molecule has 41 heavy (non-hydrogen) atoms. The molecule has 0 spiro atoms. The third-order valence-corrected chi connectivity index (χ3v) is 7.11. The molecule has 5 nitrogen and oxygen atoms in total. The Kier molecular flexibility index (Phi) is 9.11. The molecule has 1 N–H and O–H groups in total. The van der Waals surface area contributed by atoms with Crippen molar-refractivity contribution in [3.8, 4) is 0 Å². The molecule has 3 rings (SSSR count). The van der Waals surface area contributed by atoms with E-state index in [9.17, 15) is 49.1 Å². The van der Waals surface area contributed by atoms with Gasteiger partial charge in [0.1, 0.15) is 5.15 Å². The molecular weight excluding hydrogens is 729 g/mol. The highest BCUT2D eigenvalue weighted by atomic mass is 79.9. The predicted octanol–water partition coefficient (Wildman–Crippen LogP) is 8.71. The van der Waals surface area contributed by atoms with Gasteiger partial charge in [0.2, 0.25) is 0 Å². The van der Waals surface area contributed by atoms with Crippen molar-refractivity contribution < 1.29 is 49.1 Å². The van der Waals surface area contributed by atoms with Crippen LogP contribution >= 0.6 is 43.5 Å². The lowest BCUT2D eigenvalue weighted by atomic mass is 9.87. The van der Waals surface area contributed by atoms with E-state index in [0.29, 0.717) is 0 Å². The van der Waals surface area contributed by atoms with Crippen LogP contribution in [-0.4, -0.2) is 42.1 Å². The van der Waals surface area contributed by atoms with Crippen LogP contribution < -0.4 is 10.2 Å². The van der Waals surface area contributed by atoms with Gasteiger partial charge in [0.25, 0.3) is 11.8 Å². The fraction of sp³-hybridized carbons (Fsp3) is 0.208. The van der Waals surface area contributed by atoms with E-state index >= 15 is 0 Å². The van der Waals surface area contributed by atoms with E-state index < -0.39 is 56.0 Å². The SMILES string of the molecule is CN(C(=O)c1ccc(Cl)nc1)c1cccc(C(=O)Nc2c(Br)cc(C(F)(C(F)(F)F)C(F)(F)C(F)(F)F)cc2Br)c1. The van der Waals surface area contributed by atoms with Crippen LogP contribution in [0.25, 0.3) is 0 Å². The quantitative estimate of drug-likeness (QED) is 0.203. The van der Waals surface area contributed by atoms with Gasteiger partial charge in [-0.05, 0) is 74.3 Å². The van der Waals surface area contributed by atoms with E-state index in [1.807, 2.05) is 0 Å². The van der Waals surface area contributed by atoms with Crippen LogP contribution in [0.3, 0.4) is 0 Å². The van der Waals surface area contributed by atoms with Crippen LogP contribution in [-0.2, 0) is 5.67 Å². The lowest BCUT2D eigenvalue weighted by Gasteiger charge is -2.36. The molecule has 1 heterocycles. The van der Waals surface area contributed by atoms with Crippen molar-refractivity contribution in [1.82, 2.24) is 4.98 Å². The summed E-state index contributed by atoms with van der Waals surface area (Å²) >= 11 is 11.1. The third kappa shape index (κ3) is 6.18. The van der Waals surface area contributed by atoms with Crippen LogP contribution in [0, 0.1) is 0 Å². The molecule has 1 unspecified atom stereocenters. The Morgan fingerprint density at radius 2 is 1.44 bits per heavy atom. The summed E-state index contributed by atoms with van der Waals surface area (Å²) < 4.78 is 120. The average Bonchev–Trinajstić information content (AvgIpc) is 2.88. The first-order chi connectivity index (χ1) is 18.7. The highest BCUT2D eigenvalue weighted by Crippen LogP contribution is 2.59. The van der Waals surface area contributed by atoms with Crippen molar-refractivity contribution in [3.63, 3.8) is 0 Å². The first-order valence-electron chi connectivity index (χ1n) is 10.7. The Bertz CT molecular complexity index is 1460. The lowest BCUT2D eigenvalue weighted by molar-refractivity contribution is -0.389. The molecule has 3 aromatic rings. The second-order valence-corrected chi connectivity index (χ2v) is 10.4. The molecule has 0 radical (unpaired) electrons. The first-order valence-corrected chi connectivity index (χ1v) is 12.7. The Balaban J connectivity index is 1.94. The number of anilines is 2. The van der Waals surface area contributed by atoms with Gasteiger partial charge in [-0.3, -0.25) is 9.59 Å². The summed E-state index contributed by atoms with van der Waals surface area (Å²) in [5.74, 6) is -8.32. The summed E-state index contributed by atoms with van der Waals surface area (Å²) in [7, 11) is 1.39. The third-order valence-electron chi connectivity index (χ3n) is 5.63. The Hall–Kier alpha value is -2.85. The smallest absolute Gasteiger partial charge is 0.320 e. The summed E-state index contributed by atoms with van der Waals surface area (Å²) in [4.78, 5) is 30.6. The van der Waals surface area contributed by atoms with Crippen LogP contribution in [0.1, 0.15) is 26.3 Å². The van der Waals surface area contributed by atoms with Crippen LogP contribution in [0.4, 0.5) is 50.9 Å². The number of benzene rings is 2. The standard InChI is InChI=1S/C24H13Br2ClF9N3O2/c1-39(20(41)12-5-6-17(27)37-10-12)14-4-2-3-11(7-14)19(40)38-18-15(25)8-13(9-16(18)26)21(28,23(31,32)33)22(29,30)24(34,35)36/h2-10H,1H3,(H,38,40). The van der Waals surface area contributed by atoms with E-state index in [1.54, 1.807) is 0 Å². The molecule has 2 amide bonds. The number of carbonyl (C=O) groups is 2. The fourth-order valence-corrected chi connectivity index (χ4v) is 4.96. The highest BCUT2D eigenvalue weighted by molar-refractivity contribution is 9.11. The van der Waals surface area contributed by atoms with Gasteiger partial charge in [-0.15, -0.1) is 0 Å². The van der Waals surface area contributed by atoms with Gasteiger partial charge in [0.05, 0.1) is 11.3 Å². The van der Waals surface area contributed by atoms with Gasteiger partial charge in [0, 0.05) is 39.0 Å². The number of halogens is 12. The Morgan fingerprint density at radius 3 is 1.93 bits per heavy atom. The molecular formula is C24H13Br2ClF9N3O2. The maximum Gasteiger partial charge on any atom is 0.457 e. The van der Waals surface area contributed by atoms with Crippen molar-refractivity contribution in [2.45, 2.75) is 23.9 Å². The minimum Gasteiger partial charge on any atom is -0.320 e. The number of nitrogens with zero attached hydrogens (tertiary/aromatic N) is 2. The number of aromatic nitrogens is 1. The number of pyridine rings is 1. The average molecular weight is 742 g/mol. The molecule has 17 heteroatoms. The van der Waals surface area contributed by atoms with E-state index in [1.165, 1.54) is 54.5 Å². The number of amides is 2. The van der Waals surface area contributed by atoms with Crippen molar-refractivity contribution in [1.29, 1.82) is 0 Å². The van der Waals surface area contributed by atoms with Gasteiger partial charge in [-0.25, -0.2) is 9.37 Å². The summed E-state index contributed by atoms with van der Waals surface area (Å²) in [6.07, 6.45) is -12.4. The molecule has 0 aliphatic heterocycles. The van der Waals surface area contributed by atoms with Gasteiger partial charge in [0.15, 0.2) is 0 Å². The second kappa shape index (κ2) is 11.4. The number of hydrogen-bond acceptors (Lipinski definition) is 3. The molecule has 0 bridgehead atoms. The summed E-state index contributed by atoms with van der Waals surface area (Å²) in [6, 6.07) is 8.31. The molecule has 0 fully saturated rings. The summed E-state index contributed by atoms with van der Waals surface area (Å²) in [5, 5.41) is 2.39. The minimum absolute atomic E-state index is 0.0521. The van der Waals surface area contributed by atoms with Crippen molar-refractivity contribution >= 4 is 66.6 Å². The summed E-state index contributed by atoms with van der Waals surface area (Å²) in [6.45, 7) is 0. The molecule has 1 atom stereocenters. The molecule has 2 aromatic carbocycles. The van der Waals surface area contributed by atoms with E-state index in [-0.39, 0.29) is 34.1 Å². The van der Waals surface area contributed by atoms with E-state index in [2.05, 4.69) is 42.2 Å². The number of carbonyl (C=O) groups excluding carboxylic acids is 2. The monoisotopic (exact) mass is 739 g/mol. The zero-order chi connectivity index (χ0) is 31.1. The fourth-order valence-electron chi connectivity index (χ4n) is 3.46.